The van der Waals surface area contributed by atoms with Crippen LogP contribution in [-0.4, -0.2) is 22.1 Å². The second-order valence-corrected chi connectivity index (χ2v) is 2.58. The molecule has 0 amide bonds. The Kier molecular flexibility index (Phi) is 3.10. The molecule has 5 N–H and O–H groups in total. The van der Waals surface area contributed by atoms with Crippen molar-refractivity contribution in [2.45, 2.75) is 17.9 Å². The van der Waals surface area contributed by atoms with Gasteiger partial charge in [0.05, 0.1) is 0 Å². The lowest BCUT2D eigenvalue weighted by atomic mass is 10.2. The first-order chi connectivity index (χ1) is 4.39. The van der Waals surface area contributed by atoms with E-state index in [9.17, 15) is 4.79 Å². The summed E-state index contributed by atoms with van der Waals surface area (Å²) in [5, 5.41) is 7.81. The van der Waals surface area contributed by atoms with Crippen molar-refractivity contribution >= 4 is 18.6 Å². The Balaban J connectivity index is 4.08. The molecule has 0 saturated heterocycles. The molecule has 0 aromatic heterocycles. The number of aliphatic hydroxyl groups is 1. The predicted molar refractivity (Wildman–Crippen MR) is 37.9 cm³/mol. The minimum atomic E-state index is -1.71. The van der Waals surface area contributed by atoms with Crippen molar-refractivity contribution in [1.29, 1.82) is 0 Å². The molecule has 0 bridgehead atoms. The van der Waals surface area contributed by atoms with Crippen LogP contribution in [0.25, 0.3) is 0 Å². The number of nitrogens with two attached hydrogens (primary N) is 2. The highest BCUT2D eigenvalue weighted by Gasteiger charge is 2.31. The summed E-state index contributed by atoms with van der Waals surface area (Å²) in [6.07, 6.45) is 0. The fraction of sp³-hybridized carbons (Fsp3) is 0.750. The van der Waals surface area contributed by atoms with Crippen molar-refractivity contribution in [2.24, 2.45) is 11.6 Å². The van der Waals surface area contributed by atoms with E-state index >= 15 is 0 Å². The lowest BCUT2D eigenvalue weighted by molar-refractivity contribution is -0.147. The summed E-state index contributed by atoms with van der Waals surface area (Å²) < 4.78 is 0. The molecule has 0 saturated carbocycles. The first-order valence-electron chi connectivity index (χ1n) is 2.49. The van der Waals surface area contributed by atoms with Gasteiger partial charge in [0.25, 0.3) is 0 Å². The number of rotatable bonds is 2. The Morgan fingerprint density at radius 2 is 2.30 bits per heavy atom. The lowest BCUT2D eigenvalue weighted by Crippen LogP contribution is -2.50. The van der Waals surface area contributed by atoms with Crippen molar-refractivity contribution in [3.05, 3.63) is 0 Å². The quantitative estimate of drug-likeness (QED) is 0.224. The van der Waals surface area contributed by atoms with Crippen molar-refractivity contribution in [3.8, 4) is 0 Å². The summed E-state index contributed by atoms with van der Waals surface area (Å²) in [5.41, 5.74) is 3.37. The molecule has 0 aliphatic heterocycles. The topological polar surface area (TPSA) is 98.6 Å². The second kappa shape index (κ2) is 3.20. The largest absolute Gasteiger partial charge is 0.375 e. The van der Waals surface area contributed by atoms with Gasteiger partial charge in [-0.15, -0.1) is 0 Å². The number of carbonyl (C=O) groups is 1. The number of hydrogen-bond donors (Lipinski definition) is 4. The summed E-state index contributed by atoms with van der Waals surface area (Å²) in [6, 6.07) is 0. The maximum absolute atomic E-state index is 10.5. The van der Waals surface area contributed by atoms with Crippen molar-refractivity contribution in [3.63, 3.8) is 0 Å². The van der Waals surface area contributed by atoms with Gasteiger partial charge in [-0.05, 0) is 6.92 Å². The van der Waals surface area contributed by atoms with E-state index in [0.29, 0.717) is 0 Å². The molecule has 0 aliphatic carbocycles. The Morgan fingerprint density at radius 1 is 1.90 bits per heavy atom. The van der Waals surface area contributed by atoms with E-state index in [1.165, 1.54) is 6.92 Å². The second-order valence-electron chi connectivity index (χ2n) is 2.07. The summed E-state index contributed by atoms with van der Waals surface area (Å²) >= 11 is 3.66. The molecule has 0 aliphatic rings. The molecule has 0 heterocycles. The monoisotopic (exact) mass is 166 g/mol. The van der Waals surface area contributed by atoms with Gasteiger partial charge in [-0.1, -0.05) is 0 Å². The van der Waals surface area contributed by atoms with Gasteiger partial charge in [0, 0.05) is 0 Å². The van der Waals surface area contributed by atoms with Gasteiger partial charge in [0.1, 0.15) is 11.0 Å². The Morgan fingerprint density at radius 3 is 2.40 bits per heavy atom. The van der Waals surface area contributed by atoms with Gasteiger partial charge in [0.2, 0.25) is 0 Å². The highest BCUT2D eigenvalue weighted by atomic mass is 32.1. The Bertz CT molecular complexity index is 133. The van der Waals surface area contributed by atoms with E-state index in [-0.39, 0.29) is 0 Å². The number of thiol groups is 1. The molecule has 5 nitrogen and oxygen atoms in total. The van der Waals surface area contributed by atoms with E-state index < -0.39 is 16.9 Å². The third kappa shape index (κ3) is 2.53. The molecule has 6 heteroatoms. The van der Waals surface area contributed by atoms with Crippen LogP contribution < -0.4 is 11.6 Å². The van der Waals surface area contributed by atoms with Crippen LogP contribution in [-0.2, 0) is 9.63 Å². The third-order valence-electron chi connectivity index (χ3n) is 0.893. The van der Waals surface area contributed by atoms with Crippen molar-refractivity contribution in [1.82, 2.24) is 0 Å². The maximum Gasteiger partial charge on any atom is 0.341 e. The molecule has 0 radical (unpaired) electrons. The smallest absolute Gasteiger partial charge is 0.341 e. The molecule has 2 unspecified atom stereocenters. The molecule has 0 rings (SSSR count). The standard InChI is InChI=1S/C4H10N2O3S/c1-4(5,8)2(10)3(7)9-6/h2,8,10H,5-6H2,1H3. The van der Waals surface area contributed by atoms with Crippen LogP contribution in [0.15, 0.2) is 0 Å². The van der Waals surface area contributed by atoms with Gasteiger partial charge in [-0.3, -0.25) is 0 Å². The van der Waals surface area contributed by atoms with Gasteiger partial charge in [-0.25, -0.2) is 4.79 Å². The van der Waals surface area contributed by atoms with Crippen molar-refractivity contribution in [2.75, 3.05) is 0 Å². The number of carbonyl (C=O) groups excluding carboxylic acids is 1. The zero-order valence-electron chi connectivity index (χ0n) is 5.44. The molecule has 0 spiro atoms. The van der Waals surface area contributed by atoms with E-state index in [1.54, 1.807) is 0 Å². The molecule has 0 aromatic rings. The molecular weight excluding hydrogens is 156 g/mol. The molecule has 0 fully saturated rings. The van der Waals surface area contributed by atoms with Crippen LogP contribution in [0.3, 0.4) is 0 Å². The van der Waals surface area contributed by atoms with Crippen molar-refractivity contribution < 1.29 is 14.7 Å². The van der Waals surface area contributed by atoms with Crippen LogP contribution in [0.2, 0.25) is 0 Å². The Labute approximate surface area is 63.7 Å². The van der Waals surface area contributed by atoms with Crippen LogP contribution in [0.4, 0.5) is 0 Å². The van der Waals surface area contributed by atoms with Crippen LogP contribution >= 0.6 is 12.6 Å². The zero-order chi connectivity index (χ0) is 8.36. The molecule has 10 heavy (non-hydrogen) atoms. The highest BCUT2D eigenvalue weighted by molar-refractivity contribution is 7.81. The first-order valence-corrected chi connectivity index (χ1v) is 3.01. The maximum atomic E-state index is 10.5. The van der Waals surface area contributed by atoms with E-state index in [4.69, 9.17) is 10.8 Å². The van der Waals surface area contributed by atoms with Crippen LogP contribution in [0.1, 0.15) is 6.92 Å². The average Bonchev–Trinajstić information content (AvgIpc) is 1.83. The summed E-state index contributed by atoms with van der Waals surface area (Å²) in [7, 11) is 0. The van der Waals surface area contributed by atoms with Gasteiger partial charge in [0.15, 0.2) is 0 Å². The summed E-state index contributed by atoms with van der Waals surface area (Å²) in [5.74, 6) is 3.64. The number of hydrogen-bond acceptors (Lipinski definition) is 6. The normalized spacial score (nSPS) is 19.3. The minimum Gasteiger partial charge on any atom is -0.375 e. The third-order valence-corrected chi connectivity index (χ3v) is 1.63. The lowest BCUT2D eigenvalue weighted by Gasteiger charge is -2.21. The van der Waals surface area contributed by atoms with E-state index in [1.807, 2.05) is 0 Å². The highest BCUT2D eigenvalue weighted by Crippen LogP contribution is 2.09. The summed E-state index contributed by atoms with van der Waals surface area (Å²) in [6.45, 7) is 1.22. The molecule has 60 valence electrons. The van der Waals surface area contributed by atoms with Gasteiger partial charge >= 0.3 is 5.97 Å². The van der Waals surface area contributed by atoms with Gasteiger partial charge in [-0.2, -0.15) is 18.5 Å². The van der Waals surface area contributed by atoms with E-state index in [0.717, 1.165) is 0 Å². The summed E-state index contributed by atoms with van der Waals surface area (Å²) in [4.78, 5) is 14.3. The fourth-order valence-corrected chi connectivity index (χ4v) is 0.364. The van der Waals surface area contributed by atoms with Gasteiger partial charge < -0.3 is 15.7 Å². The first kappa shape index (κ1) is 9.70. The predicted octanol–water partition coefficient (Wildman–Crippen LogP) is -1.63. The van der Waals surface area contributed by atoms with Crippen LogP contribution in [0, 0.1) is 0 Å². The Hall–Kier alpha value is -0.300. The average molecular weight is 166 g/mol. The van der Waals surface area contributed by atoms with Crippen LogP contribution in [0.5, 0.6) is 0 Å². The SMILES string of the molecule is CC(N)(O)C(S)C(=O)ON. The minimum absolute atomic E-state index is 0.865. The molecule has 2 atom stereocenters. The fourth-order valence-electron chi connectivity index (χ4n) is 0.303. The molecular formula is C4H10N2O3S. The van der Waals surface area contributed by atoms with E-state index in [2.05, 4.69) is 23.4 Å². The molecule has 0 aromatic carbocycles. The zero-order valence-corrected chi connectivity index (χ0v) is 6.34.